The number of anilines is 1. The third-order valence-electron chi connectivity index (χ3n) is 2.38. The molecule has 0 aliphatic heterocycles. The van der Waals surface area contributed by atoms with E-state index in [0.29, 0.717) is 11.9 Å². The lowest BCUT2D eigenvalue weighted by molar-refractivity contribution is -0.115. The minimum atomic E-state index is -0.0984. The maximum Gasteiger partial charge on any atom is 0.243 e. The third kappa shape index (κ3) is 6.45. The fourth-order valence-electron chi connectivity index (χ4n) is 1.41. The molecule has 0 radical (unpaired) electrons. The number of guanidine groups is 1. The molecule has 19 heavy (non-hydrogen) atoms. The van der Waals surface area contributed by atoms with Gasteiger partial charge in [0.15, 0.2) is 5.96 Å². The number of rotatable bonds is 5. The molecule has 0 fully saturated rings. The Bertz CT molecular complexity index is 415. The van der Waals surface area contributed by atoms with Crippen molar-refractivity contribution in [2.24, 2.45) is 10.9 Å². The van der Waals surface area contributed by atoms with Crippen molar-refractivity contribution in [3.05, 3.63) is 30.3 Å². The van der Waals surface area contributed by atoms with Gasteiger partial charge in [-0.1, -0.05) is 32.0 Å². The highest BCUT2D eigenvalue weighted by atomic mass is 16.1. The Morgan fingerprint density at radius 3 is 2.47 bits per heavy atom. The van der Waals surface area contributed by atoms with Crippen molar-refractivity contribution in [1.29, 1.82) is 0 Å². The van der Waals surface area contributed by atoms with Crippen LogP contribution in [0.25, 0.3) is 0 Å². The van der Waals surface area contributed by atoms with Gasteiger partial charge in [-0.05, 0) is 18.1 Å². The molecular formula is C14H22N4O. The number of carbonyl (C=O) groups is 1. The number of nitrogens with one attached hydrogen (secondary N) is 3. The number of benzene rings is 1. The largest absolute Gasteiger partial charge is 0.356 e. The first-order valence-electron chi connectivity index (χ1n) is 6.41. The van der Waals surface area contributed by atoms with Gasteiger partial charge in [-0.15, -0.1) is 0 Å². The fourth-order valence-corrected chi connectivity index (χ4v) is 1.41. The number of hydrogen-bond donors (Lipinski definition) is 3. The van der Waals surface area contributed by atoms with Crippen molar-refractivity contribution in [2.75, 3.05) is 25.5 Å². The van der Waals surface area contributed by atoms with E-state index < -0.39 is 0 Å². The molecule has 5 heteroatoms. The summed E-state index contributed by atoms with van der Waals surface area (Å²) in [4.78, 5) is 15.8. The van der Waals surface area contributed by atoms with Gasteiger partial charge >= 0.3 is 0 Å². The van der Waals surface area contributed by atoms with Crippen LogP contribution in [0, 0.1) is 5.92 Å². The van der Waals surface area contributed by atoms with Crippen LogP contribution >= 0.6 is 0 Å². The minimum absolute atomic E-state index is 0.0984. The molecule has 0 saturated carbocycles. The van der Waals surface area contributed by atoms with Crippen LogP contribution in [0.4, 0.5) is 5.69 Å². The van der Waals surface area contributed by atoms with Crippen molar-refractivity contribution in [3.8, 4) is 0 Å². The Morgan fingerprint density at radius 2 is 1.89 bits per heavy atom. The van der Waals surface area contributed by atoms with Gasteiger partial charge in [0.05, 0.1) is 6.54 Å². The monoisotopic (exact) mass is 262 g/mol. The molecule has 1 aromatic carbocycles. The standard InChI is InChI=1S/C14H22N4O/c1-11(2)9-16-14(15-3)17-10-13(19)18-12-7-5-4-6-8-12/h4-8,11H,9-10H2,1-3H3,(H,18,19)(H2,15,16,17). The second-order valence-corrected chi connectivity index (χ2v) is 4.61. The van der Waals surface area contributed by atoms with Gasteiger partial charge in [-0.2, -0.15) is 0 Å². The fraction of sp³-hybridized carbons (Fsp3) is 0.429. The molecule has 5 nitrogen and oxygen atoms in total. The van der Waals surface area contributed by atoms with Gasteiger partial charge in [0.25, 0.3) is 0 Å². The van der Waals surface area contributed by atoms with E-state index >= 15 is 0 Å². The number of carbonyl (C=O) groups excluding carboxylic acids is 1. The summed E-state index contributed by atoms with van der Waals surface area (Å²) >= 11 is 0. The van der Waals surface area contributed by atoms with E-state index in [9.17, 15) is 4.79 Å². The predicted molar refractivity (Wildman–Crippen MR) is 79.3 cm³/mol. The van der Waals surface area contributed by atoms with Gasteiger partial charge in [0, 0.05) is 19.3 Å². The summed E-state index contributed by atoms with van der Waals surface area (Å²) in [6, 6.07) is 9.37. The molecule has 0 saturated heterocycles. The lowest BCUT2D eigenvalue weighted by Crippen LogP contribution is -2.42. The van der Waals surface area contributed by atoms with Gasteiger partial charge in [0.1, 0.15) is 0 Å². The van der Waals surface area contributed by atoms with Crippen LogP contribution in [0.1, 0.15) is 13.8 Å². The highest BCUT2D eigenvalue weighted by Gasteiger charge is 2.04. The van der Waals surface area contributed by atoms with Crippen LogP contribution in [0.15, 0.2) is 35.3 Å². The third-order valence-corrected chi connectivity index (χ3v) is 2.38. The van der Waals surface area contributed by atoms with Crippen LogP contribution in [0.2, 0.25) is 0 Å². The summed E-state index contributed by atoms with van der Waals surface area (Å²) in [5, 5.41) is 8.92. The number of nitrogens with zero attached hydrogens (tertiary/aromatic N) is 1. The summed E-state index contributed by atoms with van der Waals surface area (Å²) in [5.41, 5.74) is 0.791. The lowest BCUT2D eigenvalue weighted by atomic mass is 10.2. The molecule has 0 aliphatic rings. The maximum absolute atomic E-state index is 11.7. The average molecular weight is 262 g/mol. The zero-order chi connectivity index (χ0) is 14.1. The molecule has 0 aromatic heterocycles. The molecule has 0 spiro atoms. The molecule has 1 aromatic rings. The quantitative estimate of drug-likeness (QED) is 0.556. The first-order valence-corrected chi connectivity index (χ1v) is 6.41. The molecular weight excluding hydrogens is 240 g/mol. The summed E-state index contributed by atoms with van der Waals surface area (Å²) in [5.74, 6) is 1.06. The topological polar surface area (TPSA) is 65.5 Å². The molecule has 0 unspecified atom stereocenters. The van der Waals surface area contributed by atoms with E-state index in [1.165, 1.54) is 0 Å². The molecule has 0 bridgehead atoms. The number of hydrogen-bond acceptors (Lipinski definition) is 2. The van der Waals surface area contributed by atoms with E-state index in [2.05, 4.69) is 34.8 Å². The smallest absolute Gasteiger partial charge is 0.243 e. The van der Waals surface area contributed by atoms with Crippen LogP contribution < -0.4 is 16.0 Å². The second kappa shape index (κ2) is 8.13. The van der Waals surface area contributed by atoms with E-state index in [-0.39, 0.29) is 12.5 Å². The summed E-state index contributed by atoms with van der Waals surface area (Å²) < 4.78 is 0. The number of aliphatic imine (C=N–C) groups is 1. The van der Waals surface area contributed by atoms with E-state index in [1.807, 2.05) is 30.3 Å². The second-order valence-electron chi connectivity index (χ2n) is 4.61. The Labute approximate surface area is 114 Å². The first-order chi connectivity index (χ1) is 9.11. The summed E-state index contributed by atoms with van der Waals surface area (Å²) in [6.45, 7) is 5.23. The average Bonchev–Trinajstić information content (AvgIpc) is 2.39. The Balaban J connectivity index is 2.33. The number of amides is 1. The Kier molecular flexibility index (Phi) is 6.43. The molecule has 0 aliphatic carbocycles. The van der Waals surface area contributed by atoms with Crippen LogP contribution in [0.5, 0.6) is 0 Å². The van der Waals surface area contributed by atoms with E-state index in [4.69, 9.17) is 0 Å². The van der Waals surface area contributed by atoms with Crippen LogP contribution in [-0.4, -0.2) is 32.0 Å². The minimum Gasteiger partial charge on any atom is -0.356 e. The van der Waals surface area contributed by atoms with Gasteiger partial charge in [-0.3, -0.25) is 9.79 Å². The molecule has 3 N–H and O–H groups in total. The Hall–Kier alpha value is -2.04. The summed E-state index contributed by atoms with van der Waals surface area (Å²) in [7, 11) is 1.69. The first kappa shape index (κ1) is 15.0. The SMILES string of the molecule is CN=C(NCC(=O)Nc1ccccc1)NCC(C)C. The van der Waals surface area contributed by atoms with E-state index in [1.54, 1.807) is 7.05 Å². The molecule has 1 rings (SSSR count). The van der Waals surface area contributed by atoms with Crippen molar-refractivity contribution >= 4 is 17.6 Å². The van der Waals surface area contributed by atoms with Crippen molar-refractivity contribution in [1.82, 2.24) is 10.6 Å². The molecule has 104 valence electrons. The molecule has 0 heterocycles. The van der Waals surface area contributed by atoms with Crippen LogP contribution in [-0.2, 0) is 4.79 Å². The van der Waals surface area contributed by atoms with Gasteiger partial charge in [0.2, 0.25) is 5.91 Å². The zero-order valence-electron chi connectivity index (χ0n) is 11.7. The maximum atomic E-state index is 11.7. The predicted octanol–water partition coefficient (Wildman–Crippen LogP) is 1.45. The van der Waals surface area contributed by atoms with Crippen molar-refractivity contribution in [2.45, 2.75) is 13.8 Å². The summed E-state index contributed by atoms with van der Waals surface area (Å²) in [6.07, 6.45) is 0. The Morgan fingerprint density at radius 1 is 1.21 bits per heavy atom. The highest BCUT2D eigenvalue weighted by Crippen LogP contribution is 2.03. The zero-order valence-corrected chi connectivity index (χ0v) is 11.7. The van der Waals surface area contributed by atoms with Crippen molar-refractivity contribution in [3.63, 3.8) is 0 Å². The van der Waals surface area contributed by atoms with Gasteiger partial charge < -0.3 is 16.0 Å². The van der Waals surface area contributed by atoms with E-state index in [0.717, 1.165) is 12.2 Å². The number of para-hydroxylation sites is 1. The lowest BCUT2D eigenvalue weighted by Gasteiger charge is -2.13. The van der Waals surface area contributed by atoms with Crippen molar-refractivity contribution < 1.29 is 4.79 Å². The molecule has 1 amide bonds. The highest BCUT2D eigenvalue weighted by molar-refractivity contribution is 5.94. The van der Waals surface area contributed by atoms with Crippen LogP contribution in [0.3, 0.4) is 0 Å². The molecule has 0 atom stereocenters. The van der Waals surface area contributed by atoms with Gasteiger partial charge in [-0.25, -0.2) is 0 Å². The normalized spacial score (nSPS) is 11.3.